The van der Waals surface area contributed by atoms with Crippen molar-refractivity contribution in [3.05, 3.63) is 95.6 Å². The van der Waals surface area contributed by atoms with Crippen LogP contribution >= 0.6 is 0 Å². The molecule has 3 aromatic carbocycles. The molecule has 3 heteroatoms. The summed E-state index contributed by atoms with van der Waals surface area (Å²) in [6.07, 6.45) is 0. The van der Waals surface area contributed by atoms with Crippen molar-refractivity contribution < 1.29 is 14.2 Å². The molecule has 127 valence electrons. The van der Waals surface area contributed by atoms with Crippen LogP contribution in [0.5, 0.6) is 11.5 Å². The van der Waals surface area contributed by atoms with Crippen LogP contribution < -0.4 is 9.47 Å². The lowest BCUT2D eigenvalue weighted by atomic mass is 10.2. The van der Waals surface area contributed by atoms with Gasteiger partial charge in [-0.3, -0.25) is 0 Å². The Morgan fingerprint density at radius 1 is 0.720 bits per heavy atom. The number of rotatable bonds is 8. The van der Waals surface area contributed by atoms with Crippen molar-refractivity contribution >= 4 is 0 Å². The summed E-state index contributed by atoms with van der Waals surface area (Å²) in [5, 5.41) is 0. The molecule has 25 heavy (non-hydrogen) atoms. The van der Waals surface area contributed by atoms with Gasteiger partial charge in [0.25, 0.3) is 0 Å². The Bertz CT molecular complexity index is 770. The van der Waals surface area contributed by atoms with Crippen LogP contribution in [0.2, 0.25) is 0 Å². The van der Waals surface area contributed by atoms with Gasteiger partial charge in [0, 0.05) is 13.2 Å². The summed E-state index contributed by atoms with van der Waals surface area (Å²) < 4.78 is 17.1. The number of hydrogen-bond acceptors (Lipinski definition) is 3. The zero-order valence-electron chi connectivity index (χ0n) is 14.3. The van der Waals surface area contributed by atoms with Gasteiger partial charge in [0.05, 0.1) is 6.61 Å². The lowest BCUT2D eigenvalue weighted by Gasteiger charge is -2.14. The highest BCUT2D eigenvalue weighted by molar-refractivity contribution is 5.42. The molecule has 0 atom stereocenters. The normalized spacial score (nSPS) is 10.4. The van der Waals surface area contributed by atoms with Crippen LogP contribution in [-0.2, 0) is 24.6 Å². The van der Waals surface area contributed by atoms with E-state index in [4.69, 9.17) is 14.2 Å². The fourth-order valence-corrected chi connectivity index (χ4v) is 2.44. The summed E-state index contributed by atoms with van der Waals surface area (Å²) in [5.41, 5.74) is 3.21. The Morgan fingerprint density at radius 2 is 1.32 bits per heavy atom. The van der Waals surface area contributed by atoms with E-state index in [9.17, 15) is 0 Å². The van der Waals surface area contributed by atoms with Crippen molar-refractivity contribution in [1.29, 1.82) is 0 Å². The zero-order valence-corrected chi connectivity index (χ0v) is 14.3. The Kier molecular flexibility index (Phi) is 6.07. The quantitative estimate of drug-likeness (QED) is 0.593. The number of ether oxygens (including phenoxy) is 3. The molecule has 3 rings (SSSR count). The predicted molar refractivity (Wildman–Crippen MR) is 97.5 cm³/mol. The minimum Gasteiger partial charge on any atom is -0.485 e. The van der Waals surface area contributed by atoms with Crippen LogP contribution in [-0.4, -0.2) is 7.11 Å². The van der Waals surface area contributed by atoms with E-state index in [2.05, 4.69) is 6.07 Å². The van der Waals surface area contributed by atoms with Crippen LogP contribution in [0, 0.1) is 6.07 Å². The Hall–Kier alpha value is -2.78. The summed E-state index contributed by atoms with van der Waals surface area (Å²) in [4.78, 5) is 0. The lowest BCUT2D eigenvalue weighted by Crippen LogP contribution is -2.02. The standard InChI is InChI=1S/C22H21O3/c1-23-15-20-12-13-21(24-16-18-8-4-2-5-9-18)22(14-20)25-17-19-10-6-3-7-11-19/h2-12,14H,15-17H2,1H3. The Morgan fingerprint density at radius 3 is 1.92 bits per heavy atom. The maximum atomic E-state index is 5.99. The molecule has 0 aliphatic heterocycles. The van der Waals surface area contributed by atoms with Crippen molar-refractivity contribution in [1.82, 2.24) is 0 Å². The van der Waals surface area contributed by atoms with Gasteiger partial charge in [-0.1, -0.05) is 60.7 Å². The topological polar surface area (TPSA) is 27.7 Å². The first kappa shape index (κ1) is 17.1. The molecule has 0 fully saturated rings. The highest BCUT2D eigenvalue weighted by atomic mass is 16.5. The van der Waals surface area contributed by atoms with E-state index in [-0.39, 0.29) is 0 Å². The van der Waals surface area contributed by atoms with Gasteiger partial charge in [0.15, 0.2) is 11.5 Å². The molecule has 0 aromatic heterocycles. The molecule has 0 amide bonds. The molecule has 0 aliphatic rings. The second-order valence-electron chi connectivity index (χ2n) is 5.68. The molecular formula is C22H21O3. The van der Waals surface area contributed by atoms with E-state index in [1.165, 1.54) is 0 Å². The van der Waals surface area contributed by atoms with Gasteiger partial charge in [0.1, 0.15) is 13.2 Å². The highest BCUT2D eigenvalue weighted by Gasteiger charge is 2.09. The van der Waals surface area contributed by atoms with Crippen LogP contribution in [0.3, 0.4) is 0 Å². The van der Waals surface area contributed by atoms with Crippen LogP contribution in [0.15, 0.2) is 72.8 Å². The maximum absolute atomic E-state index is 5.99. The van der Waals surface area contributed by atoms with Gasteiger partial charge in [-0.05, 0) is 28.8 Å². The summed E-state index contributed by atoms with van der Waals surface area (Å²) in [6.45, 7) is 1.46. The first-order valence-electron chi connectivity index (χ1n) is 8.22. The molecule has 0 aliphatic carbocycles. The molecule has 3 aromatic rings. The van der Waals surface area contributed by atoms with E-state index in [1.54, 1.807) is 7.11 Å². The third-order valence-corrected chi connectivity index (χ3v) is 3.70. The SMILES string of the molecule is COCc1c[c]c(OCc2ccccc2)c(OCc2ccccc2)c1. The third kappa shape index (κ3) is 5.10. The summed E-state index contributed by atoms with van der Waals surface area (Å²) in [5.74, 6) is 1.29. The predicted octanol–water partition coefficient (Wildman–Crippen LogP) is 4.79. The van der Waals surface area contributed by atoms with E-state index in [0.29, 0.717) is 31.3 Å². The smallest absolute Gasteiger partial charge is 0.169 e. The zero-order chi connectivity index (χ0) is 17.3. The molecule has 0 saturated carbocycles. The first-order valence-corrected chi connectivity index (χ1v) is 8.22. The minimum absolute atomic E-state index is 0.475. The fraction of sp³-hybridized carbons (Fsp3) is 0.182. The van der Waals surface area contributed by atoms with E-state index in [1.807, 2.05) is 72.8 Å². The van der Waals surface area contributed by atoms with Crippen LogP contribution in [0.1, 0.15) is 16.7 Å². The molecule has 0 unspecified atom stereocenters. The third-order valence-electron chi connectivity index (χ3n) is 3.70. The average Bonchev–Trinajstić information content (AvgIpc) is 2.67. The van der Waals surface area contributed by atoms with Crippen molar-refractivity contribution in [2.24, 2.45) is 0 Å². The van der Waals surface area contributed by atoms with Crippen LogP contribution in [0.4, 0.5) is 0 Å². The highest BCUT2D eigenvalue weighted by Crippen LogP contribution is 2.29. The number of methoxy groups -OCH3 is 1. The fourth-order valence-electron chi connectivity index (χ4n) is 2.44. The molecule has 0 N–H and O–H groups in total. The Labute approximate surface area is 148 Å². The summed E-state index contributed by atoms with van der Waals surface area (Å²) >= 11 is 0. The van der Waals surface area contributed by atoms with Crippen molar-refractivity contribution in [3.63, 3.8) is 0 Å². The average molecular weight is 333 g/mol. The molecule has 3 nitrogen and oxygen atoms in total. The molecule has 0 spiro atoms. The van der Waals surface area contributed by atoms with Gasteiger partial charge >= 0.3 is 0 Å². The minimum atomic E-state index is 0.475. The van der Waals surface area contributed by atoms with Gasteiger partial charge < -0.3 is 14.2 Å². The second-order valence-corrected chi connectivity index (χ2v) is 5.68. The van der Waals surface area contributed by atoms with Gasteiger partial charge in [-0.2, -0.15) is 0 Å². The molecule has 0 bridgehead atoms. The number of hydrogen-bond donors (Lipinski definition) is 0. The van der Waals surface area contributed by atoms with Crippen molar-refractivity contribution in [2.45, 2.75) is 19.8 Å². The van der Waals surface area contributed by atoms with E-state index in [0.717, 1.165) is 16.7 Å². The lowest BCUT2D eigenvalue weighted by molar-refractivity contribution is 0.184. The molecule has 1 radical (unpaired) electrons. The second kappa shape index (κ2) is 8.90. The molecular weight excluding hydrogens is 312 g/mol. The van der Waals surface area contributed by atoms with E-state index < -0.39 is 0 Å². The van der Waals surface area contributed by atoms with Gasteiger partial charge in [-0.25, -0.2) is 0 Å². The summed E-state index contributed by atoms with van der Waals surface area (Å²) in [7, 11) is 1.67. The monoisotopic (exact) mass is 333 g/mol. The number of benzene rings is 3. The van der Waals surface area contributed by atoms with Gasteiger partial charge in [0.2, 0.25) is 0 Å². The van der Waals surface area contributed by atoms with E-state index >= 15 is 0 Å². The largest absolute Gasteiger partial charge is 0.485 e. The first-order chi connectivity index (χ1) is 12.3. The van der Waals surface area contributed by atoms with Crippen molar-refractivity contribution in [3.8, 4) is 11.5 Å². The maximum Gasteiger partial charge on any atom is 0.169 e. The Balaban J connectivity index is 1.73. The van der Waals surface area contributed by atoms with Crippen LogP contribution in [0.25, 0.3) is 0 Å². The molecule has 0 saturated heterocycles. The van der Waals surface area contributed by atoms with Crippen molar-refractivity contribution in [2.75, 3.05) is 7.11 Å². The van der Waals surface area contributed by atoms with Gasteiger partial charge in [-0.15, -0.1) is 0 Å². The summed E-state index contributed by atoms with van der Waals surface area (Å²) in [6, 6.07) is 27.1. The molecule has 0 heterocycles.